The first-order valence-electron chi connectivity index (χ1n) is 5.75. The molecule has 1 aromatic heterocycles. The van der Waals surface area contributed by atoms with Gasteiger partial charge in [0, 0.05) is 23.7 Å². The fraction of sp³-hybridized carbons (Fsp3) is 0.700. The van der Waals surface area contributed by atoms with Gasteiger partial charge in [-0.05, 0) is 25.7 Å². The van der Waals surface area contributed by atoms with Crippen molar-refractivity contribution in [2.75, 3.05) is 0 Å². The first-order valence-corrected chi connectivity index (χ1v) is 7.63. The van der Waals surface area contributed by atoms with Crippen LogP contribution in [0.1, 0.15) is 25.7 Å². The molecule has 17 heavy (non-hydrogen) atoms. The minimum Gasteiger partial charge on any atom is -0.284 e. The number of alkyl halides is 1. The second kappa shape index (κ2) is 3.96. The van der Waals surface area contributed by atoms with Gasteiger partial charge < -0.3 is 0 Å². The fourth-order valence-electron chi connectivity index (χ4n) is 2.96. The highest BCUT2D eigenvalue weighted by Gasteiger charge is 2.46. The summed E-state index contributed by atoms with van der Waals surface area (Å²) in [5, 5.41) is 6.38. The average molecular weight is 276 g/mol. The Bertz CT molecular complexity index is 488. The molecular weight excluding hydrogens is 262 g/mol. The Kier molecular flexibility index (Phi) is 2.68. The van der Waals surface area contributed by atoms with E-state index in [-0.39, 0.29) is 22.4 Å². The number of aromatic amines is 1. The number of hydrogen-bond donors (Lipinski definition) is 1. The van der Waals surface area contributed by atoms with Gasteiger partial charge in [0.15, 0.2) is 0 Å². The maximum absolute atomic E-state index is 12.4. The molecule has 5 nitrogen and oxygen atoms in total. The van der Waals surface area contributed by atoms with Crippen molar-refractivity contribution in [2.24, 2.45) is 0 Å². The van der Waals surface area contributed by atoms with E-state index in [0.717, 1.165) is 25.7 Å². The van der Waals surface area contributed by atoms with E-state index in [9.17, 15) is 8.42 Å². The highest BCUT2D eigenvalue weighted by molar-refractivity contribution is 7.89. The quantitative estimate of drug-likeness (QED) is 0.828. The van der Waals surface area contributed by atoms with E-state index in [1.807, 2.05) is 0 Å². The van der Waals surface area contributed by atoms with Gasteiger partial charge in [-0.2, -0.15) is 9.40 Å². The second-order valence-corrected chi connectivity index (χ2v) is 7.18. The summed E-state index contributed by atoms with van der Waals surface area (Å²) in [7, 11) is -3.40. The monoisotopic (exact) mass is 275 g/mol. The van der Waals surface area contributed by atoms with Crippen molar-refractivity contribution in [1.29, 1.82) is 0 Å². The third-order valence-electron chi connectivity index (χ3n) is 3.66. The summed E-state index contributed by atoms with van der Waals surface area (Å²) in [4.78, 5) is 0.252. The van der Waals surface area contributed by atoms with Gasteiger partial charge in [-0.3, -0.25) is 5.10 Å². The molecule has 2 saturated heterocycles. The lowest BCUT2D eigenvalue weighted by atomic mass is 10.1. The van der Waals surface area contributed by atoms with Crippen LogP contribution in [0.25, 0.3) is 0 Å². The van der Waals surface area contributed by atoms with Crippen LogP contribution in [0.15, 0.2) is 17.3 Å². The summed E-state index contributed by atoms with van der Waals surface area (Å²) in [5.41, 5.74) is 0. The van der Waals surface area contributed by atoms with Crippen LogP contribution in [0, 0.1) is 0 Å². The number of aromatic nitrogens is 2. The van der Waals surface area contributed by atoms with Crippen molar-refractivity contribution in [3.05, 3.63) is 12.4 Å². The van der Waals surface area contributed by atoms with Crippen LogP contribution in [-0.2, 0) is 10.0 Å². The smallest absolute Gasteiger partial charge is 0.246 e. The molecule has 0 radical (unpaired) electrons. The lowest BCUT2D eigenvalue weighted by molar-refractivity contribution is 0.251. The number of H-pyrrole nitrogens is 1. The van der Waals surface area contributed by atoms with Crippen LogP contribution in [0.4, 0.5) is 0 Å². The van der Waals surface area contributed by atoms with Gasteiger partial charge in [0.05, 0.1) is 6.20 Å². The van der Waals surface area contributed by atoms with Gasteiger partial charge >= 0.3 is 0 Å². The maximum atomic E-state index is 12.4. The standard InChI is InChI=1S/C10H14ClN3O2S/c11-7-3-8-1-2-9(4-7)14(8)17(15,16)10-5-12-13-6-10/h5-9H,1-4H2,(H,12,13). The fourth-order valence-corrected chi connectivity index (χ4v) is 5.17. The molecule has 2 atom stereocenters. The van der Waals surface area contributed by atoms with E-state index in [2.05, 4.69) is 10.2 Å². The van der Waals surface area contributed by atoms with Crippen LogP contribution in [0.3, 0.4) is 0 Å². The molecule has 94 valence electrons. The number of nitrogens with one attached hydrogen (secondary N) is 1. The highest BCUT2D eigenvalue weighted by atomic mass is 35.5. The van der Waals surface area contributed by atoms with Crippen molar-refractivity contribution in [3.8, 4) is 0 Å². The number of sulfonamides is 1. The Morgan fingerprint density at radius 3 is 2.53 bits per heavy atom. The second-order valence-electron chi connectivity index (χ2n) is 4.72. The predicted molar refractivity (Wildman–Crippen MR) is 63.3 cm³/mol. The Morgan fingerprint density at radius 1 is 1.35 bits per heavy atom. The molecule has 7 heteroatoms. The van der Waals surface area contributed by atoms with Crippen LogP contribution in [0.5, 0.6) is 0 Å². The molecule has 0 aromatic carbocycles. The summed E-state index contributed by atoms with van der Waals surface area (Å²) in [6, 6.07) is 0.132. The van der Waals surface area contributed by atoms with E-state index in [1.165, 1.54) is 12.4 Å². The summed E-state index contributed by atoms with van der Waals surface area (Å²) < 4.78 is 26.5. The van der Waals surface area contributed by atoms with E-state index in [4.69, 9.17) is 11.6 Å². The van der Waals surface area contributed by atoms with E-state index in [0.29, 0.717) is 0 Å². The minimum atomic E-state index is -3.40. The normalized spacial score (nSPS) is 34.1. The van der Waals surface area contributed by atoms with Crippen molar-refractivity contribution >= 4 is 21.6 Å². The predicted octanol–water partition coefficient (Wildman–Crippen LogP) is 1.33. The largest absolute Gasteiger partial charge is 0.284 e. The first-order chi connectivity index (χ1) is 8.09. The van der Waals surface area contributed by atoms with Crippen LogP contribution in [-0.4, -0.2) is 40.4 Å². The Labute approximate surface area is 105 Å². The zero-order valence-electron chi connectivity index (χ0n) is 9.21. The molecule has 0 amide bonds. The van der Waals surface area contributed by atoms with Gasteiger partial charge in [0.1, 0.15) is 4.90 Å². The molecule has 0 saturated carbocycles. The average Bonchev–Trinajstić information content (AvgIpc) is 2.86. The minimum absolute atomic E-state index is 0.0659. The van der Waals surface area contributed by atoms with Crippen molar-refractivity contribution in [3.63, 3.8) is 0 Å². The molecule has 2 aliphatic rings. The number of rotatable bonds is 2. The summed E-state index contributed by atoms with van der Waals surface area (Å²) >= 11 is 6.15. The molecule has 0 aliphatic carbocycles. The molecular formula is C10H14ClN3O2S. The van der Waals surface area contributed by atoms with Crippen molar-refractivity contribution in [1.82, 2.24) is 14.5 Å². The lowest BCUT2D eigenvalue weighted by Gasteiger charge is -2.35. The van der Waals surface area contributed by atoms with Gasteiger partial charge in [0.25, 0.3) is 0 Å². The molecule has 3 heterocycles. The Hall–Kier alpha value is -0.590. The summed E-state index contributed by atoms with van der Waals surface area (Å²) in [6.45, 7) is 0. The zero-order valence-corrected chi connectivity index (χ0v) is 10.8. The van der Waals surface area contributed by atoms with E-state index < -0.39 is 10.0 Å². The molecule has 1 N–H and O–H groups in total. The van der Waals surface area contributed by atoms with Crippen molar-refractivity contribution < 1.29 is 8.42 Å². The zero-order chi connectivity index (χ0) is 12.0. The van der Waals surface area contributed by atoms with Gasteiger partial charge in [-0.15, -0.1) is 11.6 Å². The summed E-state index contributed by atoms with van der Waals surface area (Å²) in [6.07, 6.45) is 6.16. The van der Waals surface area contributed by atoms with Crippen molar-refractivity contribution in [2.45, 2.75) is 48.0 Å². The molecule has 2 bridgehead atoms. The molecule has 2 aliphatic heterocycles. The van der Waals surface area contributed by atoms with Crippen LogP contribution < -0.4 is 0 Å². The molecule has 0 spiro atoms. The molecule has 1 aromatic rings. The topological polar surface area (TPSA) is 66.1 Å². The number of piperidine rings is 1. The third kappa shape index (κ3) is 1.78. The van der Waals surface area contributed by atoms with E-state index >= 15 is 0 Å². The lowest BCUT2D eigenvalue weighted by Crippen LogP contribution is -2.46. The third-order valence-corrected chi connectivity index (χ3v) is 5.98. The maximum Gasteiger partial charge on any atom is 0.246 e. The van der Waals surface area contributed by atoms with Gasteiger partial charge in [-0.25, -0.2) is 8.42 Å². The Balaban J connectivity index is 1.96. The van der Waals surface area contributed by atoms with Crippen LogP contribution in [0.2, 0.25) is 0 Å². The Morgan fingerprint density at radius 2 is 2.00 bits per heavy atom. The number of fused-ring (bicyclic) bond motifs is 2. The number of halogens is 1. The summed E-state index contributed by atoms with van der Waals surface area (Å²) in [5.74, 6) is 0. The molecule has 2 unspecified atom stereocenters. The molecule has 2 fully saturated rings. The highest BCUT2D eigenvalue weighted by Crippen LogP contribution is 2.41. The SMILES string of the molecule is O=S(=O)(c1cn[nH]c1)N1C2CCC1CC(Cl)C2. The number of hydrogen-bond acceptors (Lipinski definition) is 3. The number of nitrogens with zero attached hydrogens (tertiary/aromatic N) is 2. The van der Waals surface area contributed by atoms with Gasteiger partial charge in [0.2, 0.25) is 10.0 Å². The molecule has 3 rings (SSSR count). The first kappa shape index (κ1) is 11.5. The van der Waals surface area contributed by atoms with E-state index in [1.54, 1.807) is 4.31 Å². The van der Waals surface area contributed by atoms with Gasteiger partial charge in [-0.1, -0.05) is 0 Å². The van der Waals surface area contributed by atoms with Crippen LogP contribution >= 0.6 is 11.6 Å².